The fourth-order valence-electron chi connectivity index (χ4n) is 3.43. The molecule has 0 N–H and O–H groups in total. The van der Waals surface area contributed by atoms with Crippen LogP contribution in [0.4, 0.5) is 0 Å². The van der Waals surface area contributed by atoms with E-state index in [4.69, 9.17) is 0 Å². The molecule has 0 aromatic carbocycles. The zero-order valence-corrected chi connectivity index (χ0v) is 16.9. The van der Waals surface area contributed by atoms with Crippen molar-refractivity contribution < 1.29 is 14.4 Å². The molecule has 1 aromatic heterocycles. The van der Waals surface area contributed by atoms with Crippen molar-refractivity contribution in [1.82, 2.24) is 9.88 Å². The van der Waals surface area contributed by atoms with Crippen LogP contribution in [0.25, 0.3) is 0 Å². The molecule has 0 aliphatic carbocycles. The molecule has 5 heteroatoms. The standard InChI is InChI=1S/C22H32N2O3/c1-4-22(2,3)20(26)21(27)24-15-8-7-12-18(24)19(25)13-6-5-10-17-11-9-14-23-16-17/h9,11,14,16,18H,4-8,10,12-13,15H2,1-3H3/t18-/m0/s1. The Hall–Kier alpha value is -2.04. The summed E-state index contributed by atoms with van der Waals surface area (Å²) in [5.41, 5.74) is 0.498. The minimum absolute atomic E-state index is 0.0938. The summed E-state index contributed by atoms with van der Waals surface area (Å²) in [5.74, 6) is -0.757. The molecule has 2 rings (SSSR count). The largest absolute Gasteiger partial charge is 0.326 e. The third-order valence-electron chi connectivity index (χ3n) is 5.69. The summed E-state index contributed by atoms with van der Waals surface area (Å²) < 4.78 is 0. The van der Waals surface area contributed by atoms with Crippen LogP contribution < -0.4 is 0 Å². The van der Waals surface area contributed by atoms with Gasteiger partial charge in [-0.25, -0.2) is 0 Å². The van der Waals surface area contributed by atoms with Gasteiger partial charge in [0.1, 0.15) is 0 Å². The van der Waals surface area contributed by atoms with Crippen LogP contribution in [0.3, 0.4) is 0 Å². The molecule has 1 atom stereocenters. The quantitative estimate of drug-likeness (QED) is 0.489. The normalized spacial score (nSPS) is 17.6. The van der Waals surface area contributed by atoms with Crippen LogP contribution in [0.15, 0.2) is 24.5 Å². The second kappa shape index (κ2) is 9.77. The van der Waals surface area contributed by atoms with Crippen molar-refractivity contribution >= 4 is 17.5 Å². The van der Waals surface area contributed by atoms with Gasteiger partial charge in [0.05, 0.1) is 6.04 Å². The number of unbranched alkanes of at least 4 members (excludes halogenated alkanes) is 1. The first-order valence-corrected chi connectivity index (χ1v) is 10.1. The Morgan fingerprint density at radius 2 is 2.00 bits per heavy atom. The molecule has 0 bridgehead atoms. The topological polar surface area (TPSA) is 67.3 Å². The predicted octanol–water partition coefficient (Wildman–Crippen LogP) is 3.75. The molecule has 27 heavy (non-hydrogen) atoms. The monoisotopic (exact) mass is 372 g/mol. The van der Waals surface area contributed by atoms with Crippen molar-refractivity contribution in [3.05, 3.63) is 30.1 Å². The molecule has 0 radical (unpaired) electrons. The first-order valence-electron chi connectivity index (χ1n) is 10.1. The van der Waals surface area contributed by atoms with Gasteiger partial charge in [-0.05, 0) is 56.6 Å². The molecule has 1 aliphatic heterocycles. The van der Waals surface area contributed by atoms with Gasteiger partial charge >= 0.3 is 0 Å². The van der Waals surface area contributed by atoms with Crippen molar-refractivity contribution in [2.75, 3.05) is 6.54 Å². The van der Waals surface area contributed by atoms with Gasteiger partial charge < -0.3 is 4.90 Å². The fraction of sp³-hybridized carbons (Fsp3) is 0.636. The second-order valence-corrected chi connectivity index (χ2v) is 8.11. The summed E-state index contributed by atoms with van der Waals surface area (Å²) in [6.45, 7) is 6.02. The Morgan fingerprint density at radius 1 is 1.22 bits per heavy atom. The second-order valence-electron chi connectivity index (χ2n) is 8.11. The predicted molar refractivity (Wildman–Crippen MR) is 105 cm³/mol. The number of hydrogen-bond acceptors (Lipinski definition) is 4. The van der Waals surface area contributed by atoms with Crippen molar-refractivity contribution in [1.29, 1.82) is 0 Å². The number of ketones is 2. The highest BCUT2D eigenvalue weighted by Gasteiger charge is 2.39. The Labute approximate surface area is 162 Å². The number of amides is 1. The van der Waals surface area contributed by atoms with Crippen molar-refractivity contribution in [2.45, 2.75) is 78.2 Å². The van der Waals surface area contributed by atoms with E-state index in [9.17, 15) is 14.4 Å². The van der Waals surface area contributed by atoms with Gasteiger partial charge in [0.15, 0.2) is 5.78 Å². The van der Waals surface area contributed by atoms with Gasteiger partial charge in [-0.3, -0.25) is 19.4 Å². The lowest BCUT2D eigenvalue weighted by molar-refractivity contribution is -0.153. The average Bonchev–Trinajstić information content (AvgIpc) is 2.70. The molecule has 148 valence electrons. The van der Waals surface area contributed by atoms with E-state index in [1.165, 1.54) is 5.56 Å². The maximum absolute atomic E-state index is 12.8. The number of piperidine rings is 1. The first-order chi connectivity index (χ1) is 12.9. The number of aryl methyl sites for hydroxylation is 1. The molecule has 2 heterocycles. The maximum Gasteiger partial charge on any atom is 0.291 e. The van der Waals surface area contributed by atoms with E-state index < -0.39 is 17.4 Å². The number of hydrogen-bond donors (Lipinski definition) is 0. The smallest absolute Gasteiger partial charge is 0.291 e. The lowest BCUT2D eigenvalue weighted by Gasteiger charge is -2.36. The average molecular weight is 373 g/mol. The molecule has 1 aliphatic rings. The van der Waals surface area contributed by atoms with Crippen LogP contribution >= 0.6 is 0 Å². The van der Waals surface area contributed by atoms with Crippen LogP contribution in [-0.4, -0.2) is 39.9 Å². The molecule has 1 aromatic rings. The number of carbonyl (C=O) groups is 3. The minimum atomic E-state index is -0.675. The maximum atomic E-state index is 12.8. The van der Waals surface area contributed by atoms with E-state index in [1.54, 1.807) is 24.9 Å². The third-order valence-corrected chi connectivity index (χ3v) is 5.69. The lowest BCUT2D eigenvalue weighted by Crippen LogP contribution is -2.52. The Morgan fingerprint density at radius 3 is 2.67 bits per heavy atom. The van der Waals surface area contributed by atoms with Crippen LogP contribution in [0.2, 0.25) is 0 Å². The number of pyridine rings is 1. The third kappa shape index (κ3) is 5.72. The molecular formula is C22H32N2O3. The zero-order chi connectivity index (χ0) is 19.9. The number of carbonyl (C=O) groups excluding carboxylic acids is 3. The fourth-order valence-corrected chi connectivity index (χ4v) is 3.43. The summed E-state index contributed by atoms with van der Waals surface area (Å²) in [5, 5.41) is 0. The van der Waals surface area contributed by atoms with Gasteiger partial charge in [0.2, 0.25) is 5.78 Å². The van der Waals surface area contributed by atoms with Gasteiger partial charge in [-0.15, -0.1) is 0 Å². The highest BCUT2D eigenvalue weighted by Crippen LogP contribution is 2.26. The van der Waals surface area contributed by atoms with E-state index in [2.05, 4.69) is 4.98 Å². The van der Waals surface area contributed by atoms with Crippen LogP contribution in [0.5, 0.6) is 0 Å². The zero-order valence-electron chi connectivity index (χ0n) is 16.9. The van der Waals surface area contributed by atoms with Crippen molar-refractivity contribution in [3.63, 3.8) is 0 Å². The summed E-state index contributed by atoms with van der Waals surface area (Å²) in [6, 6.07) is 3.53. The number of Topliss-reactive ketones (excluding diaryl/α,β-unsaturated/α-hetero) is 2. The Bertz CT molecular complexity index is 655. The summed E-state index contributed by atoms with van der Waals surface area (Å²) in [4.78, 5) is 43.7. The highest BCUT2D eigenvalue weighted by atomic mass is 16.2. The van der Waals surface area contributed by atoms with Crippen molar-refractivity contribution in [2.24, 2.45) is 5.41 Å². The number of aromatic nitrogens is 1. The molecule has 1 fully saturated rings. The summed E-state index contributed by atoms with van der Waals surface area (Å²) >= 11 is 0. The van der Waals surface area contributed by atoms with E-state index in [0.717, 1.165) is 32.1 Å². The molecule has 1 amide bonds. The number of likely N-dealkylation sites (tertiary alicyclic amines) is 1. The molecule has 1 saturated heterocycles. The lowest BCUT2D eigenvalue weighted by atomic mass is 9.83. The molecular weight excluding hydrogens is 340 g/mol. The van der Waals surface area contributed by atoms with Gasteiger partial charge in [0, 0.05) is 30.8 Å². The van der Waals surface area contributed by atoms with Gasteiger partial charge in [-0.1, -0.05) is 26.8 Å². The van der Waals surface area contributed by atoms with E-state index in [-0.39, 0.29) is 11.6 Å². The molecule has 0 saturated carbocycles. The van der Waals surface area contributed by atoms with Crippen molar-refractivity contribution in [3.8, 4) is 0 Å². The van der Waals surface area contributed by atoms with Gasteiger partial charge in [0.25, 0.3) is 5.91 Å². The van der Waals surface area contributed by atoms with Gasteiger partial charge in [-0.2, -0.15) is 0 Å². The Kier molecular flexibility index (Phi) is 7.69. The van der Waals surface area contributed by atoms with Crippen LogP contribution in [-0.2, 0) is 20.8 Å². The minimum Gasteiger partial charge on any atom is -0.326 e. The number of rotatable bonds is 9. The molecule has 0 unspecified atom stereocenters. The van der Waals surface area contributed by atoms with E-state index >= 15 is 0 Å². The SMILES string of the molecule is CCC(C)(C)C(=O)C(=O)N1CCCC[C@H]1C(=O)CCCCc1cccnc1. The van der Waals surface area contributed by atoms with Crippen LogP contribution in [0, 0.1) is 5.41 Å². The summed E-state index contributed by atoms with van der Waals surface area (Å²) in [6.07, 6.45) is 9.74. The first kappa shape index (κ1) is 21.3. The van der Waals surface area contributed by atoms with E-state index in [0.29, 0.717) is 25.8 Å². The number of nitrogens with zero attached hydrogens (tertiary/aromatic N) is 2. The van der Waals surface area contributed by atoms with E-state index in [1.807, 2.05) is 25.3 Å². The summed E-state index contributed by atoms with van der Waals surface area (Å²) in [7, 11) is 0. The van der Waals surface area contributed by atoms with Crippen LogP contribution in [0.1, 0.15) is 71.3 Å². The highest BCUT2D eigenvalue weighted by molar-refractivity contribution is 6.38. The Balaban J connectivity index is 1.90. The molecule has 5 nitrogen and oxygen atoms in total. The molecule has 0 spiro atoms.